The van der Waals surface area contributed by atoms with Gasteiger partial charge in [-0.05, 0) is 35.3 Å². The van der Waals surface area contributed by atoms with Crippen molar-refractivity contribution in [1.82, 2.24) is 4.90 Å². The molecule has 0 saturated heterocycles. The largest absolute Gasteiger partial charge is 0.372 e. The highest BCUT2D eigenvalue weighted by atomic mass is 16.6. The zero-order valence-corrected chi connectivity index (χ0v) is 11.6. The van der Waals surface area contributed by atoms with Crippen molar-refractivity contribution in [2.75, 3.05) is 6.54 Å². The van der Waals surface area contributed by atoms with E-state index in [0.29, 0.717) is 0 Å². The van der Waals surface area contributed by atoms with Crippen molar-refractivity contribution < 1.29 is 4.92 Å². The summed E-state index contributed by atoms with van der Waals surface area (Å²) in [6.45, 7) is 1.89. The normalized spacial score (nSPS) is 14.1. The number of hydrogen-bond acceptors (Lipinski definition) is 3. The van der Waals surface area contributed by atoms with Crippen LogP contribution in [-0.4, -0.2) is 16.4 Å². The summed E-state index contributed by atoms with van der Waals surface area (Å²) in [5.41, 5.74) is 3.73. The van der Waals surface area contributed by atoms with Crippen molar-refractivity contribution in [1.29, 1.82) is 0 Å². The second-order valence-corrected chi connectivity index (χ2v) is 5.16. The van der Waals surface area contributed by atoms with E-state index in [1.807, 2.05) is 30.3 Å². The number of nitrogens with zero attached hydrogens (tertiary/aromatic N) is 2. The van der Waals surface area contributed by atoms with E-state index in [2.05, 4.69) is 23.2 Å². The zero-order valence-electron chi connectivity index (χ0n) is 11.6. The summed E-state index contributed by atoms with van der Waals surface area (Å²) < 4.78 is 0. The van der Waals surface area contributed by atoms with Crippen LogP contribution in [0.1, 0.15) is 17.5 Å². The average Bonchev–Trinajstić information content (AvgIpc) is 2.97. The first-order valence-corrected chi connectivity index (χ1v) is 6.96. The number of hydrogen-bond donors (Lipinski definition) is 0. The Bertz CT molecular complexity index is 663. The van der Waals surface area contributed by atoms with Crippen molar-refractivity contribution in [3.8, 4) is 0 Å². The van der Waals surface area contributed by atoms with Crippen molar-refractivity contribution in [2.24, 2.45) is 0 Å². The van der Waals surface area contributed by atoms with E-state index in [0.717, 1.165) is 25.1 Å². The second kappa shape index (κ2) is 5.79. The molecule has 2 aromatic carbocycles. The standard InChI is InChI=1S/C17H16N2O2/c20-19(21)17-8-6-15(7-9-17)16-10-11-18(13-16)12-14-4-2-1-3-5-14/h1-9,13H,10-12H2. The fraction of sp³-hybridized carbons (Fsp3) is 0.176. The minimum absolute atomic E-state index is 0.137. The molecule has 0 saturated carbocycles. The lowest BCUT2D eigenvalue weighted by Gasteiger charge is -2.14. The van der Waals surface area contributed by atoms with Crippen LogP contribution in [-0.2, 0) is 6.54 Å². The first kappa shape index (κ1) is 13.4. The molecule has 3 rings (SSSR count). The lowest BCUT2D eigenvalue weighted by molar-refractivity contribution is -0.384. The van der Waals surface area contributed by atoms with Gasteiger partial charge in [0.2, 0.25) is 0 Å². The van der Waals surface area contributed by atoms with Gasteiger partial charge in [0.15, 0.2) is 0 Å². The highest BCUT2D eigenvalue weighted by molar-refractivity contribution is 5.67. The van der Waals surface area contributed by atoms with Crippen LogP contribution in [0, 0.1) is 10.1 Å². The molecule has 1 aliphatic rings. The van der Waals surface area contributed by atoms with Gasteiger partial charge >= 0.3 is 0 Å². The van der Waals surface area contributed by atoms with Gasteiger partial charge in [0.05, 0.1) is 4.92 Å². The van der Waals surface area contributed by atoms with Crippen molar-refractivity contribution in [3.63, 3.8) is 0 Å². The van der Waals surface area contributed by atoms with Crippen LogP contribution < -0.4 is 0 Å². The Balaban J connectivity index is 1.72. The van der Waals surface area contributed by atoms with Gasteiger partial charge in [-0.25, -0.2) is 0 Å². The fourth-order valence-electron chi connectivity index (χ4n) is 2.57. The van der Waals surface area contributed by atoms with E-state index >= 15 is 0 Å². The van der Waals surface area contributed by atoms with Gasteiger partial charge in [0.1, 0.15) is 0 Å². The van der Waals surface area contributed by atoms with Crippen LogP contribution in [0.4, 0.5) is 5.69 Å². The molecular formula is C17H16N2O2. The quantitative estimate of drug-likeness (QED) is 0.631. The molecule has 106 valence electrons. The molecule has 0 aliphatic carbocycles. The Morgan fingerprint density at radius 3 is 2.43 bits per heavy atom. The van der Waals surface area contributed by atoms with Crippen LogP contribution in [0.25, 0.3) is 5.57 Å². The van der Waals surface area contributed by atoms with Crippen LogP contribution in [0.5, 0.6) is 0 Å². The summed E-state index contributed by atoms with van der Waals surface area (Å²) in [5, 5.41) is 10.7. The first-order valence-electron chi connectivity index (χ1n) is 6.96. The van der Waals surface area contributed by atoms with E-state index in [9.17, 15) is 10.1 Å². The van der Waals surface area contributed by atoms with Gasteiger partial charge in [-0.15, -0.1) is 0 Å². The summed E-state index contributed by atoms with van der Waals surface area (Å²) in [7, 11) is 0. The van der Waals surface area contributed by atoms with Crippen molar-refractivity contribution in [2.45, 2.75) is 13.0 Å². The van der Waals surface area contributed by atoms with Crippen LogP contribution in [0.3, 0.4) is 0 Å². The molecule has 0 bridgehead atoms. The summed E-state index contributed by atoms with van der Waals surface area (Å²) >= 11 is 0. The number of rotatable bonds is 4. The van der Waals surface area contributed by atoms with Crippen molar-refractivity contribution >= 4 is 11.3 Å². The Labute approximate surface area is 123 Å². The minimum atomic E-state index is -0.367. The molecule has 0 spiro atoms. The average molecular weight is 280 g/mol. The fourth-order valence-corrected chi connectivity index (χ4v) is 2.57. The number of non-ortho nitro benzene ring substituents is 1. The lowest BCUT2D eigenvalue weighted by atomic mass is 10.1. The third kappa shape index (κ3) is 3.11. The van der Waals surface area contributed by atoms with Gasteiger partial charge in [-0.3, -0.25) is 10.1 Å². The Morgan fingerprint density at radius 1 is 1.05 bits per heavy atom. The van der Waals surface area contributed by atoms with Crippen LogP contribution in [0.15, 0.2) is 60.8 Å². The zero-order chi connectivity index (χ0) is 14.7. The summed E-state index contributed by atoms with van der Waals surface area (Å²) in [5.74, 6) is 0. The van der Waals surface area contributed by atoms with E-state index in [1.165, 1.54) is 11.1 Å². The maximum atomic E-state index is 10.7. The third-order valence-electron chi connectivity index (χ3n) is 3.68. The van der Waals surface area contributed by atoms with Crippen molar-refractivity contribution in [3.05, 3.63) is 82.0 Å². The summed E-state index contributed by atoms with van der Waals surface area (Å²) in [6.07, 6.45) is 3.14. The molecule has 0 radical (unpaired) electrons. The Kier molecular flexibility index (Phi) is 3.69. The van der Waals surface area contributed by atoms with Gasteiger partial charge in [0, 0.05) is 31.4 Å². The van der Waals surface area contributed by atoms with Crippen LogP contribution >= 0.6 is 0 Å². The Morgan fingerprint density at radius 2 is 1.76 bits per heavy atom. The highest BCUT2D eigenvalue weighted by Gasteiger charge is 2.15. The molecule has 1 aliphatic heterocycles. The van der Waals surface area contributed by atoms with E-state index in [1.54, 1.807) is 12.1 Å². The van der Waals surface area contributed by atoms with Gasteiger partial charge in [0.25, 0.3) is 5.69 Å². The smallest absolute Gasteiger partial charge is 0.269 e. The van der Waals surface area contributed by atoms with Crippen LogP contribution in [0.2, 0.25) is 0 Å². The summed E-state index contributed by atoms with van der Waals surface area (Å²) in [6, 6.07) is 17.2. The summed E-state index contributed by atoms with van der Waals surface area (Å²) in [4.78, 5) is 12.6. The molecule has 0 atom stereocenters. The molecule has 0 N–H and O–H groups in total. The molecule has 0 amide bonds. The monoisotopic (exact) mass is 280 g/mol. The predicted molar refractivity (Wildman–Crippen MR) is 82.5 cm³/mol. The minimum Gasteiger partial charge on any atom is -0.372 e. The topological polar surface area (TPSA) is 46.4 Å². The molecule has 4 nitrogen and oxygen atoms in total. The lowest BCUT2D eigenvalue weighted by Crippen LogP contribution is -2.13. The number of nitro groups is 1. The molecular weight excluding hydrogens is 264 g/mol. The predicted octanol–water partition coefficient (Wildman–Crippen LogP) is 3.84. The molecule has 4 heteroatoms. The maximum Gasteiger partial charge on any atom is 0.269 e. The maximum absolute atomic E-state index is 10.7. The molecule has 0 aromatic heterocycles. The van der Waals surface area contributed by atoms with Gasteiger partial charge in [-0.1, -0.05) is 30.3 Å². The van der Waals surface area contributed by atoms with E-state index in [-0.39, 0.29) is 10.6 Å². The Hall–Kier alpha value is -2.62. The molecule has 1 heterocycles. The molecule has 2 aromatic rings. The molecule has 0 fully saturated rings. The third-order valence-corrected chi connectivity index (χ3v) is 3.68. The number of nitro benzene ring substituents is 1. The van der Waals surface area contributed by atoms with Gasteiger partial charge in [-0.2, -0.15) is 0 Å². The molecule has 0 unspecified atom stereocenters. The van der Waals surface area contributed by atoms with Gasteiger partial charge < -0.3 is 4.90 Å². The van der Waals surface area contributed by atoms with E-state index < -0.39 is 0 Å². The first-order chi connectivity index (χ1) is 10.2. The highest BCUT2D eigenvalue weighted by Crippen LogP contribution is 2.27. The number of benzene rings is 2. The molecule has 21 heavy (non-hydrogen) atoms. The van der Waals surface area contributed by atoms with E-state index in [4.69, 9.17) is 0 Å². The SMILES string of the molecule is O=[N+]([O-])c1ccc(C2=CN(Cc3ccccc3)CC2)cc1. The second-order valence-electron chi connectivity index (χ2n) is 5.16.